The van der Waals surface area contributed by atoms with E-state index < -0.39 is 26.9 Å². The van der Waals surface area contributed by atoms with Crippen molar-refractivity contribution in [3.63, 3.8) is 0 Å². The second-order valence-corrected chi connectivity index (χ2v) is 10.3. The second kappa shape index (κ2) is 6.66. The van der Waals surface area contributed by atoms with Crippen LogP contribution in [0.5, 0.6) is 0 Å². The Morgan fingerprint density at radius 3 is 2.69 bits per heavy atom. The molecule has 0 radical (unpaired) electrons. The molecule has 0 saturated carbocycles. The maximum absolute atomic E-state index is 13.1. The third kappa shape index (κ3) is 4.42. The summed E-state index contributed by atoms with van der Waals surface area (Å²) in [5.74, 6) is 4.05. The first kappa shape index (κ1) is 20.4. The minimum absolute atomic E-state index is 0.103. The summed E-state index contributed by atoms with van der Waals surface area (Å²) in [6.45, 7) is 7.03. The van der Waals surface area contributed by atoms with E-state index in [4.69, 9.17) is 22.1 Å². The number of nitrogens with two attached hydrogens (primary N) is 1. The van der Waals surface area contributed by atoms with Crippen molar-refractivity contribution in [2.75, 3.05) is 18.5 Å². The lowest BCUT2D eigenvalue weighted by atomic mass is 9.94. The molecule has 1 unspecified atom stereocenters. The number of rotatable bonds is 1. The van der Waals surface area contributed by atoms with Crippen LogP contribution in [0.1, 0.15) is 33.3 Å². The minimum atomic E-state index is -2.75. The Kier molecular flexibility index (Phi) is 5.22. The van der Waals surface area contributed by atoms with Crippen LogP contribution in [0.2, 0.25) is 5.02 Å². The van der Waals surface area contributed by atoms with E-state index >= 15 is 0 Å². The van der Waals surface area contributed by atoms with Gasteiger partial charge < -0.3 is 10.5 Å². The molecule has 26 heavy (non-hydrogen) atoms. The molecule has 7 nitrogen and oxygen atoms in total. The van der Waals surface area contributed by atoms with E-state index in [2.05, 4.69) is 16.2 Å². The van der Waals surface area contributed by atoms with E-state index in [1.807, 2.05) is 0 Å². The molecule has 0 aromatic heterocycles. The van der Waals surface area contributed by atoms with Gasteiger partial charge >= 0.3 is 6.09 Å². The maximum atomic E-state index is 13.1. The predicted molar refractivity (Wildman–Crippen MR) is 108 cm³/mol. The number of halogens is 1. The molecule has 2 atom stereocenters. The highest BCUT2D eigenvalue weighted by atomic mass is 35.5. The Labute approximate surface area is 159 Å². The van der Waals surface area contributed by atoms with E-state index in [1.54, 1.807) is 52.9 Å². The first-order valence-electron chi connectivity index (χ1n) is 7.98. The summed E-state index contributed by atoms with van der Waals surface area (Å²) < 4.78 is 19.7. The van der Waals surface area contributed by atoms with Crippen LogP contribution >= 0.6 is 11.6 Å². The molecule has 1 aliphatic heterocycles. The molecule has 1 aromatic carbocycles. The number of hydrogen-bond donors (Lipinski definition) is 2. The number of alkyl carbamates (subject to hydrolysis) is 1. The molecule has 0 bridgehead atoms. The van der Waals surface area contributed by atoms with Gasteiger partial charge in [0.05, 0.1) is 15.5 Å². The molecule has 144 valence electrons. The number of hydrogen-bond acceptors (Lipinski definition) is 5. The van der Waals surface area contributed by atoms with Crippen LogP contribution < -0.4 is 11.1 Å². The number of guanidine groups is 1. The van der Waals surface area contributed by atoms with Crippen molar-refractivity contribution in [2.45, 2.75) is 38.8 Å². The molecule has 1 amide bonds. The zero-order valence-corrected chi connectivity index (χ0v) is 17.2. The van der Waals surface area contributed by atoms with Gasteiger partial charge in [-0.3, -0.25) is 9.62 Å². The molecule has 0 saturated heterocycles. The fourth-order valence-electron chi connectivity index (χ4n) is 2.63. The van der Waals surface area contributed by atoms with Gasteiger partial charge in [-0.05, 0) is 51.8 Å². The van der Waals surface area contributed by atoms with E-state index in [9.17, 15) is 9.00 Å². The number of anilines is 1. The molecular weight excluding hydrogens is 376 g/mol. The van der Waals surface area contributed by atoms with E-state index in [-0.39, 0.29) is 11.7 Å². The van der Waals surface area contributed by atoms with E-state index in [0.717, 1.165) is 0 Å². The number of nitrogen functional groups attached to an aromatic ring is 1. The molecular formula is C17H25ClN4O3S. The number of carbonyl (C=O) groups is 1. The van der Waals surface area contributed by atoms with E-state index in [0.29, 0.717) is 16.3 Å². The first-order chi connectivity index (χ1) is 11.7. The standard InChI is InChI=1S/C17H25ClN4O3S/c1-16(2,3)25-15(23)20-14-21-17(4,10-26(6,24)22(14)5)12-9-11(19)7-8-13(12)18/h7-9H,6,10,19H2,1-5H3,(H,20,21,23)/t17-,26?/m0/s1. The van der Waals surface area contributed by atoms with Gasteiger partial charge in [-0.2, -0.15) is 0 Å². The number of nitrogens with one attached hydrogen (secondary N) is 1. The Bertz CT molecular complexity index is 861. The van der Waals surface area contributed by atoms with Crippen LogP contribution in [0.4, 0.5) is 10.5 Å². The van der Waals surface area contributed by atoms with Crippen LogP contribution in [0.3, 0.4) is 0 Å². The zero-order chi connectivity index (χ0) is 19.9. The predicted octanol–water partition coefficient (Wildman–Crippen LogP) is 2.59. The monoisotopic (exact) mass is 400 g/mol. The summed E-state index contributed by atoms with van der Waals surface area (Å²) in [5.41, 5.74) is 5.36. The molecule has 0 aliphatic carbocycles. The number of benzene rings is 1. The van der Waals surface area contributed by atoms with Gasteiger partial charge in [0.25, 0.3) is 0 Å². The van der Waals surface area contributed by atoms with Gasteiger partial charge in [-0.15, -0.1) is 0 Å². The van der Waals surface area contributed by atoms with Crippen molar-refractivity contribution in [3.8, 4) is 0 Å². The van der Waals surface area contributed by atoms with Crippen molar-refractivity contribution in [1.29, 1.82) is 0 Å². The SMILES string of the molecule is C=S1(=O)C[C@@](C)(c2cc(N)ccc2Cl)N=C(NC(=O)OC(C)(C)C)N1C. The van der Waals surface area contributed by atoms with Gasteiger partial charge in [0.1, 0.15) is 11.1 Å². The molecule has 1 aliphatic rings. The van der Waals surface area contributed by atoms with Crippen LogP contribution in [-0.2, 0) is 20.0 Å². The lowest BCUT2D eigenvalue weighted by Crippen LogP contribution is -2.54. The van der Waals surface area contributed by atoms with Crippen molar-refractivity contribution in [1.82, 2.24) is 9.62 Å². The van der Waals surface area contributed by atoms with Crippen molar-refractivity contribution >= 4 is 44.9 Å². The lowest BCUT2D eigenvalue weighted by molar-refractivity contribution is 0.0559. The second-order valence-electron chi connectivity index (χ2n) is 7.49. The number of ether oxygens (including phenoxy) is 1. The van der Waals surface area contributed by atoms with Gasteiger partial charge in [-0.1, -0.05) is 11.6 Å². The normalized spacial score (nSPS) is 26.2. The number of carbonyl (C=O) groups excluding carboxylic acids is 1. The smallest absolute Gasteiger partial charge is 0.414 e. The van der Waals surface area contributed by atoms with Gasteiger partial charge in [0.15, 0.2) is 0 Å². The first-order valence-corrected chi connectivity index (χ1v) is 10.2. The molecule has 2 rings (SSSR count). The fourth-order valence-corrected chi connectivity index (χ4v) is 4.64. The molecule has 3 N–H and O–H groups in total. The average Bonchev–Trinajstić information content (AvgIpc) is 2.44. The topological polar surface area (TPSA) is 97.0 Å². The van der Waals surface area contributed by atoms with Crippen molar-refractivity contribution in [3.05, 3.63) is 28.8 Å². The summed E-state index contributed by atoms with van der Waals surface area (Å²) in [6.07, 6.45) is -0.693. The number of aliphatic imine (C=N–C) groups is 1. The summed E-state index contributed by atoms with van der Waals surface area (Å²) in [6, 6.07) is 5.03. The van der Waals surface area contributed by atoms with Crippen LogP contribution in [-0.4, -0.2) is 44.8 Å². The van der Waals surface area contributed by atoms with Gasteiger partial charge in [0, 0.05) is 23.3 Å². The summed E-state index contributed by atoms with van der Waals surface area (Å²) in [4.78, 5) is 16.8. The molecule has 0 spiro atoms. The molecule has 1 heterocycles. The fraction of sp³-hybridized carbons (Fsp3) is 0.471. The Morgan fingerprint density at radius 1 is 1.50 bits per heavy atom. The largest absolute Gasteiger partial charge is 0.444 e. The highest BCUT2D eigenvalue weighted by molar-refractivity contribution is 7.98. The Balaban J connectivity index is 2.49. The summed E-state index contributed by atoms with van der Waals surface area (Å²) >= 11 is 6.33. The Morgan fingerprint density at radius 2 is 2.12 bits per heavy atom. The molecule has 9 heteroatoms. The average molecular weight is 401 g/mol. The van der Waals surface area contributed by atoms with Gasteiger partial charge in [0.2, 0.25) is 5.96 Å². The van der Waals surface area contributed by atoms with E-state index in [1.165, 1.54) is 4.31 Å². The lowest BCUT2D eigenvalue weighted by Gasteiger charge is -2.39. The number of amides is 1. The van der Waals surface area contributed by atoms with Crippen LogP contribution in [0.15, 0.2) is 23.2 Å². The maximum Gasteiger partial charge on any atom is 0.414 e. The quantitative estimate of drug-likeness (QED) is 0.559. The minimum Gasteiger partial charge on any atom is -0.444 e. The van der Waals surface area contributed by atoms with Gasteiger partial charge in [-0.25, -0.2) is 14.0 Å². The number of nitrogens with zero attached hydrogens (tertiary/aromatic N) is 2. The summed E-state index contributed by atoms with van der Waals surface area (Å²) in [5, 5.41) is 3.01. The van der Waals surface area contributed by atoms with Crippen LogP contribution in [0, 0.1) is 0 Å². The highest BCUT2D eigenvalue weighted by Gasteiger charge is 2.39. The molecule has 0 fully saturated rings. The third-order valence-corrected chi connectivity index (χ3v) is 6.35. The third-order valence-electron chi connectivity index (χ3n) is 3.84. The Hall–Kier alpha value is -1.93. The molecule has 1 aromatic rings. The van der Waals surface area contributed by atoms with Crippen molar-refractivity contribution < 1.29 is 13.7 Å². The zero-order valence-electron chi connectivity index (χ0n) is 15.6. The van der Waals surface area contributed by atoms with Crippen LogP contribution in [0.25, 0.3) is 0 Å². The summed E-state index contributed by atoms with van der Waals surface area (Å²) in [7, 11) is -1.19. The van der Waals surface area contributed by atoms with Crippen molar-refractivity contribution in [2.24, 2.45) is 4.99 Å². The highest BCUT2D eigenvalue weighted by Crippen LogP contribution is 2.37.